The van der Waals surface area contributed by atoms with E-state index in [2.05, 4.69) is 0 Å². The first-order valence-corrected chi connectivity index (χ1v) is 6.02. The molecule has 0 aliphatic heterocycles. The van der Waals surface area contributed by atoms with Crippen molar-refractivity contribution in [2.75, 3.05) is 6.54 Å². The van der Waals surface area contributed by atoms with E-state index >= 15 is 0 Å². The zero-order valence-corrected chi connectivity index (χ0v) is 11.0. The molecule has 1 aromatic carbocycles. The minimum Gasteiger partial charge on any atom is -0.481 e. The Balaban J connectivity index is 3.15. The van der Waals surface area contributed by atoms with Gasteiger partial charge in [-0.3, -0.25) is 4.79 Å². The van der Waals surface area contributed by atoms with E-state index in [1.54, 1.807) is 13.0 Å². The Morgan fingerprint density at radius 1 is 1.50 bits per heavy atom. The molecule has 0 aliphatic carbocycles. The van der Waals surface area contributed by atoms with Crippen molar-refractivity contribution in [3.05, 3.63) is 35.1 Å². The van der Waals surface area contributed by atoms with E-state index in [1.165, 1.54) is 12.1 Å². The van der Waals surface area contributed by atoms with Crippen molar-refractivity contribution in [3.8, 4) is 0 Å². The second kappa shape index (κ2) is 5.48. The predicted octanol–water partition coefficient (Wildman–Crippen LogP) is 2.36. The van der Waals surface area contributed by atoms with Gasteiger partial charge in [-0.05, 0) is 42.5 Å². The summed E-state index contributed by atoms with van der Waals surface area (Å²) in [7, 11) is 0. The molecule has 0 heterocycles. The highest BCUT2D eigenvalue weighted by molar-refractivity contribution is 5.76. The van der Waals surface area contributed by atoms with Crippen molar-refractivity contribution in [2.45, 2.75) is 27.2 Å². The van der Waals surface area contributed by atoms with Gasteiger partial charge in [0.2, 0.25) is 0 Å². The molecule has 3 nitrogen and oxygen atoms in total. The van der Waals surface area contributed by atoms with Gasteiger partial charge in [0.25, 0.3) is 0 Å². The zero-order valence-electron chi connectivity index (χ0n) is 11.0. The van der Waals surface area contributed by atoms with Crippen molar-refractivity contribution in [2.24, 2.45) is 17.1 Å². The standard InChI is InChI=1S/C14H20FNO2/c1-9(2)14(8-16,13(17)18)7-11-4-5-12(15)6-10(11)3/h4-6,9H,7-8,16H2,1-3H3,(H,17,18). The Kier molecular flexibility index (Phi) is 4.46. The van der Waals surface area contributed by atoms with Gasteiger partial charge >= 0.3 is 5.97 Å². The second-order valence-electron chi connectivity index (χ2n) is 5.07. The summed E-state index contributed by atoms with van der Waals surface area (Å²) in [6.07, 6.45) is 0.322. The van der Waals surface area contributed by atoms with E-state index in [-0.39, 0.29) is 18.3 Å². The number of carbonyl (C=O) groups is 1. The fourth-order valence-electron chi connectivity index (χ4n) is 2.12. The average Bonchev–Trinajstić information content (AvgIpc) is 2.27. The van der Waals surface area contributed by atoms with Crippen molar-refractivity contribution >= 4 is 5.97 Å². The lowest BCUT2D eigenvalue weighted by Gasteiger charge is -2.32. The minimum atomic E-state index is -0.997. The molecule has 0 spiro atoms. The highest BCUT2D eigenvalue weighted by atomic mass is 19.1. The van der Waals surface area contributed by atoms with Gasteiger partial charge in [0.05, 0.1) is 5.41 Å². The molecule has 3 N–H and O–H groups in total. The lowest BCUT2D eigenvalue weighted by atomic mass is 9.72. The number of nitrogens with two attached hydrogens (primary N) is 1. The van der Waals surface area contributed by atoms with Crippen LogP contribution < -0.4 is 5.73 Å². The molecular weight excluding hydrogens is 233 g/mol. The lowest BCUT2D eigenvalue weighted by Crippen LogP contribution is -2.45. The van der Waals surface area contributed by atoms with Gasteiger partial charge in [0, 0.05) is 6.54 Å². The van der Waals surface area contributed by atoms with Crippen LogP contribution in [0, 0.1) is 24.1 Å². The van der Waals surface area contributed by atoms with Crippen LogP contribution in [0.25, 0.3) is 0 Å². The Labute approximate surface area is 107 Å². The number of halogens is 1. The van der Waals surface area contributed by atoms with E-state index < -0.39 is 11.4 Å². The maximum Gasteiger partial charge on any atom is 0.311 e. The van der Waals surface area contributed by atoms with Crippen LogP contribution in [0.5, 0.6) is 0 Å². The van der Waals surface area contributed by atoms with Gasteiger partial charge in [-0.1, -0.05) is 19.9 Å². The maximum atomic E-state index is 13.0. The van der Waals surface area contributed by atoms with Crippen LogP contribution in [0.1, 0.15) is 25.0 Å². The number of rotatable bonds is 5. The summed E-state index contributed by atoms with van der Waals surface area (Å²) in [6, 6.07) is 4.41. The zero-order chi connectivity index (χ0) is 13.9. The molecule has 1 unspecified atom stereocenters. The fraction of sp³-hybridized carbons (Fsp3) is 0.500. The minimum absolute atomic E-state index is 0.0663. The average molecular weight is 253 g/mol. The lowest BCUT2D eigenvalue weighted by molar-refractivity contribution is -0.151. The van der Waals surface area contributed by atoms with Crippen LogP contribution in [-0.2, 0) is 11.2 Å². The molecule has 18 heavy (non-hydrogen) atoms. The molecule has 100 valence electrons. The molecule has 0 saturated carbocycles. The predicted molar refractivity (Wildman–Crippen MR) is 68.8 cm³/mol. The highest BCUT2D eigenvalue weighted by Gasteiger charge is 2.40. The number of carboxylic acids is 1. The highest BCUT2D eigenvalue weighted by Crippen LogP contribution is 2.32. The summed E-state index contributed by atoms with van der Waals surface area (Å²) in [6.45, 7) is 5.54. The summed E-state index contributed by atoms with van der Waals surface area (Å²) in [5, 5.41) is 9.45. The number of hydrogen-bond donors (Lipinski definition) is 2. The van der Waals surface area contributed by atoms with Gasteiger partial charge in [0.1, 0.15) is 5.82 Å². The topological polar surface area (TPSA) is 63.3 Å². The van der Waals surface area contributed by atoms with Crippen molar-refractivity contribution in [1.29, 1.82) is 0 Å². The molecule has 1 aromatic rings. The Morgan fingerprint density at radius 2 is 2.11 bits per heavy atom. The molecule has 1 rings (SSSR count). The van der Waals surface area contributed by atoms with Crippen LogP contribution in [0.3, 0.4) is 0 Å². The SMILES string of the molecule is Cc1cc(F)ccc1CC(CN)(C(=O)O)C(C)C. The van der Waals surface area contributed by atoms with Gasteiger partial charge in [0.15, 0.2) is 0 Å². The van der Waals surface area contributed by atoms with E-state index in [0.29, 0.717) is 6.42 Å². The normalized spacial score (nSPS) is 14.6. The van der Waals surface area contributed by atoms with E-state index in [1.807, 2.05) is 13.8 Å². The molecule has 4 heteroatoms. The number of hydrogen-bond acceptors (Lipinski definition) is 2. The monoisotopic (exact) mass is 253 g/mol. The van der Waals surface area contributed by atoms with Gasteiger partial charge in [-0.2, -0.15) is 0 Å². The summed E-state index contributed by atoms with van der Waals surface area (Å²) in [5.41, 5.74) is 6.28. The number of aryl methyl sites for hydroxylation is 1. The smallest absolute Gasteiger partial charge is 0.311 e. The van der Waals surface area contributed by atoms with Gasteiger partial charge < -0.3 is 10.8 Å². The molecule has 1 atom stereocenters. The quantitative estimate of drug-likeness (QED) is 0.846. The number of aliphatic carboxylic acids is 1. The van der Waals surface area contributed by atoms with E-state index in [9.17, 15) is 14.3 Å². The van der Waals surface area contributed by atoms with Gasteiger partial charge in [-0.25, -0.2) is 4.39 Å². The molecule has 0 aromatic heterocycles. The maximum absolute atomic E-state index is 13.0. The largest absolute Gasteiger partial charge is 0.481 e. The number of benzene rings is 1. The molecule has 0 saturated heterocycles. The van der Waals surface area contributed by atoms with Crippen LogP contribution in [0.4, 0.5) is 4.39 Å². The van der Waals surface area contributed by atoms with Crippen LogP contribution in [-0.4, -0.2) is 17.6 Å². The summed E-state index contributed by atoms with van der Waals surface area (Å²) < 4.78 is 13.0. The van der Waals surface area contributed by atoms with Crippen LogP contribution in [0.15, 0.2) is 18.2 Å². The van der Waals surface area contributed by atoms with Crippen molar-refractivity contribution in [3.63, 3.8) is 0 Å². The Hall–Kier alpha value is -1.42. The molecule has 0 bridgehead atoms. The van der Waals surface area contributed by atoms with Crippen molar-refractivity contribution in [1.82, 2.24) is 0 Å². The number of carboxylic acid groups (broad SMARTS) is 1. The third kappa shape index (κ3) is 2.70. The van der Waals surface area contributed by atoms with Crippen LogP contribution >= 0.6 is 0 Å². The van der Waals surface area contributed by atoms with E-state index in [0.717, 1.165) is 11.1 Å². The summed E-state index contributed by atoms with van der Waals surface area (Å²) in [5.74, 6) is -1.30. The van der Waals surface area contributed by atoms with Crippen molar-refractivity contribution < 1.29 is 14.3 Å². The Bertz CT molecular complexity index is 445. The first-order chi connectivity index (χ1) is 8.33. The Morgan fingerprint density at radius 3 is 2.50 bits per heavy atom. The first kappa shape index (κ1) is 14.6. The third-order valence-corrected chi connectivity index (χ3v) is 3.71. The third-order valence-electron chi connectivity index (χ3n) is 3.71. The summed E-state index contributed by atoms with van der Waals surface area (Å²) in [4.78, 5) is 11.5. The second-order valence-corrected chi connectivity index (χ2v) is 5.07. The van der Waals surface area contributed by atoms with E-state index in [4.69, 9.17) is 5.73 Å². The fourth-order valence-corrected chi connectivity index (χ4v) is 2.12. The first-order valence-electron chi connectivity index (χ1n) is 6.02. The molecule has 0 amide bonds. The molecule has 0 fully saturated rings. The van der Waals surface area contributed by atoms with Crippen LogP contribution in [0.2, 0.25) is 0 Å². The summed E-state index contributed by atoms with van der Waals surface area (Å²) >= 11 is 0. The molecular formula is C14H20FNO2. The van der Waals surface area contributed by atoms with Gasteiger partial charge in [-0.15, -0.1) is 0 Å². The molecule has 0 aliphatic rings. The molecule has 0 radical (unpaired) electrons.